The van der Waals surface area contributed by atoms with Gasteiger partial charge in [-0.1, -0.05) is 17.7 Å². The number of aryl methyl sites for hydroxylation is 1. The van der Waals surface area contributed by atoms with Gasteiger partial charge in [0.2, 0.25) is 5.91 Å². The Hall–Kier alpha value is -1.79. The predicted octanol–water partition coefficient (Wildman–Crippen LogP) is 2.91. The van der Waals surface area contributed by atoms with E-state index in [0.29, 0.717) is 29.6 Å². The van der Waals surface area contributed by atoms with Crippen LogP contribution in [0.25, 0.3) is 0 Å². The van der Waals surface area contributed by atoms with Gasteiger partial charge in [0, 0.05) is 39.1 Å². The number of rotatable bonds is 7. The lowest BCUT2D eigenvalue weighted by molar-refractivity contribution is -0.116. The number of methoxy groups -OCH3 is 1. The van der Waals surface area contributed by atoms with Gasteiger partial charge in [-0.05, 0) is 38.0 Å². The van der Waals surface area contributed by atoms with Crippen molar-refractivity contribution in [1.29, 1.82) is 0 Å². The zero-order chi connectivity index (χ0) is 18.9. The molecule has 1 saturated heterocycles. The quantitative estimate of drug-likeness (QED) is 0.564. The third-order valence-corrected chi connectivity index (χ3v) is 4.63. The molecule has 0 saturated carbocycles. The first-order chi connectivity index (χ1) is 12.5. The Kier molecular flexibility index (Phi) is 8.19. The second-order valence-corrected chi connectivity index (χ2v) is 6.98. The maximum absolute atomic E-state index is 12.2. The summed E-state index contributed by atoms with van der Waals surface area (Å²) in [6, 6.07) is 5.58. The van der Waals surface area contributed by atoms with Crippen LogP contribution in [0, 0.1) is 12.8 Å². The average molecular weight is 381 g/mol. The summed E-state index contributed by atoms with van der Waals surface area (Å²) in [5, 5.41) is 6.71. The molecule has 26 heavy (non-hydrogen) atoms. The lowest BCUT2D eigenvalue weighted by atomic mass is 10.1. The van der Waals surface area contributed by atoms with Crippen LogP contribution in [0.15, 0.2) is 23.2 Å². The number of ether oxygens (including phenoxy) is 1. The van der Waals surface area contributed by atoms with Crippen molar-refractivity contribution in [1.82, 2.24) is 10.2 Å². The first kappa shape index (κ1) is 20.5. The van der Waals surface area contributed by atoms with Crippen molar-refractivity contribution < 1.29 is 9.53 Å². The number of carbonyl (C=O) groups is 1. The zero-order valence-electron chi connectivity index (χ0n) is 15.8. The molecule has 1 atom stereocenters. The van der Waals surface area contributed by atoms with Gasteiger partial charge in [-0.25, -0.2) is 0 Å². The maximum atomic E-state index is 12.2. The fourth-order valence-corrected chi connectivity index (χ4v) is 3.30. The molecule has 144 valence electrons. The standard InChI is InChI=1S/C19H29ClN4O2/c1-4-21-19(24-10-8-15(12-24)13-26-3)22-9-7-18(25)23-17-6-5-14(2)11-16(17)20/h5-6,11,15H,4,7-10,12-13H2,1-3H3,(H,21,22)(H,23,25). The molecule has 0 radical (unpaired) electrons. The van der Waals surface area contributed by atoms with Crippen LogP contribution >= 0.6 is 11.6 Å². The molecule has 1 fully saturated rings. The van der Waals surface area contributed by atoms with E-state index in [-0.39, 0.29) is 5.91 Å². The Morgan fingerprint density at radius 2 is 2.27 bits per heavy atom. The molecule has 0 bridgehead atoms. The van der Waals surface area contributed by atoms with E-state index in [1.54, 1.807) is 7.11 Å². The van der Waals surface area contributed by atoms with E-state index in [1.165, 1.54) is 0 Å². The third kappa shape index (κ3) is 6.18. The third-order valence-electron chi connectivity index (χ3n) is 4.32. The molecule has 1 amide bonds. The van der Waals surface area contributed by atoms with Crippen molar-refractivity contribution in [2.75, 3.05) is 45.2 Å². The number of guanidine groups is 1. The van der Waals surface area contributed by atoms with Crippen molar-refractivity contribution in [2.24, 2.45) is 10.9 Å². The fraction of sp³-hybridized carbons (Fsp3) is 0.579. The second kappa shape index (κ2) is 10.4. The molecular formula is C19H29ClN4O2. The number of likely N-dealkylation sites (tertiary alicyclic amines) is 1. The lowest BCUT2D eigenvalue weighted by Gasteiger charge is -2.21. The van der Waals surface area contributed by atoms with Gasteiger partial charge in [0.05, 0.1) is 23.9 Å². The van der Waals surface area contributed by atoms with Gasteiger partial charge in [0.15, 0.2) is 5.96 Å². The highest BCUT2D eigenvalue weighted by molar-refractivity contribution is 6.33. The number of aliphatic imine (C=N–C) groups is 1. The molecule has 0 aromatic heterocycles. The zero-order valence-corrected chi connectivity index (χ0v) is 16.6. The minimum atomic E-state index is -0.0889. The Labute approximate surface area is 161 Å². The van der Waals surface area contributed by atoms with Gasteiger partial charge in [0.1, 0.15) is 0 Å². The minimum Gasteiger partial charge on any atom is -0.384 e. The number of nitrogens with zero attached hydrogens (tertiary/aromatic N) is 2. The van der Waals surface area contributed by atoms with Gasteiger partial charge in [0.25, 0.3) is 0 Å². The number of halogens is 1. The number of amides is 1. The Morgan fingerprint density at radius 3 is 2.96 bits per heavy atom. The van der Waals surface area contributed by atoms with E-state index in [1.807, 2.05) is 32.0 Å². The number of carbonyl (C=O) groups excluding carboxylic acids is 1. The van der Waals surface area contributed by atoms with Crippen LogP contribution < -0.4 is 10.6 Å². The summed E-state index contributed by atoms with van der Waals surface area (Å²) in [6.07, 6.45) is 1.42. The molecule has 2 N–H and O–H groups in total. The van der Waals surface area contributed by atoms with Gasteiger partial charge in [-0.15, -0.1) is 0 Å². The first-order valence-corrected chi connectivity index (χ1v) is 9.49. The second-order valence-electron chi connectivity index (χ2n) is 6.57. The summed E-state index contributed by atoms with van der Waals surface area (Å²) < 4.78 is 5.25. The monoisotopic (exact) mass is 380 g/mol. The van der Waals surface area contributed by atoms with E-state index < -0.39 is 0 Å². The van der Waals surface area contributed by atoms with E-state index in [0.717, 1.165) is 44.2 Å². The number of hydrogen-bond acceptors (Lipinski definition) is 3. The molecular weight excluding hydrogens is 352 g/mol. The predicted molar refractivity (Wildman–Crippen MR) is 107 cm³/mol. The van der Waals surface area contributed by atoms with E-state index in [4.69, 9.17) is 16.3 Å². The summed E-state index contributed by atoms with van der Waals surface area (Å²) >= 11 is 6.16. The molecule has 1 aromatic rings. The van der Waals surface area contributed by atoms with Crippen molar-refractivity contribution in [3.05, 3.63) is 28.8 Å². The molecule has 0 aliphatic carbocycles. The Bertz CT molecular complexity index is 636. The highest BCUT2D eigenvalue weighted by atomic mass is 35.5. The fourth-order valence-electron chi connectivity index (χ4n) is 3.02. The molecule has 7 heteroatoms. The summed E-state index contributed by atoms with van der Waals surface area (Å²) in [5.74, 6) is 1.32. The van der Waals surface area contributed by atoms with Crippen molar-refractivity contribution >= 4 is 29.2 Å². The smallest absolute Gasteiger partial charge is 0.226 e. The lowest BCUT2D eigenvalue weighted by Crippen LogP contribution is -2.40. The number of anilines is 1. The van der Waals surface area contributed by atoms with Crippen LogP contribution in [0.5, 0.6) is 0 Å². The molecule has 1 heterocycles. The Morgan fingerprint density at radius 1 is 1.46 bits per heavy atom. The molecule has 1 unspecified atom stereocenters. The molecule has 1 aliphatic heterocycles. The molecule has 6 nitrogen and oxygen atoms in total. The average Bonchev–Trinajstić information content (AvgIpc) is 3.05. The van der Waals surface area contributed by atoms with Crippen LogP contribution in [0.3, 0.4) is 0 Å². The summed E-state index contributed by atoms with van der Waals surface area (Å²) in [5.41, 5.74) is 1.70. The van der Waals surface area contributed by atoms with Gasteiger partial charge < -0.3 is 20.3 Å². The van der Waals surface area contributed by atoms with Crippen LogP contribution in [-0.4, -0.2) is 56.7 Å². The molecule has 1 aromatic carbocycles. The van der Waals surface area contributed by atoms with Gasteiger partial charge in [-0.2, -0.15) is 0 Å². The first-order valence-electron chi connectivity index (χ1n) is 9.11. The number of benzene rings is 1. The molecule has 2 rings (SSSR count). The van der Waals surface area contributed by atoms with Crippen LogP contribution in [0.2, 0.25) is 5.02 Å². The highest BCUT2D eigenvalue weighted by Gasteiger charge is 2.24. The van der Waals surface area contributed by atoms with E-state index in [9.17, 15) is 4.79 Å². The van der Waals surface area contributed by atoms with Gasteiger partial charge >= 0.3 is 0 Å². The van der Waals surface area contributed by atoms with E-state index >= 15 is 0 Å². The number of nitrogens with one attached hydrogen (secondary N) is 2. The summed E-state index contributed by atoms with van der Waals surface area (Å²) in [6.45, 7) is 7.92. The van der Waals surface area contributed by atoms with Gasteiger partial charge in [-0.3, -0.25) is 9.79 Å². The van der Waals surface area contributed by atoms with E-state index in [2.05, 4.69) is 20.5 Å². The van der Waals surface area contributed by atoms with Crippen LogP contribution in [-0.2, 0) is 9.53 Å². The van der Waals surface area contributed by atoms with Crippen LogP contribution in [0.4, 0.5) is 5.69 Å². The molecule has 0 spiro atoms. The SMILES string of the molecule is CCNC(=NCCC(=O)Nc1ccc(C)cc1Cl)N1CCC(COC)C1. The Balaban J connectivity index is 1.86. The van der Waals surface area contributed by atoms with Crippen molar-refractivity contribution in [3.8, 4) is 0 Å². The maximum Gasteiger partial charge on any atom is 0.226 e. The number of hydrogen-bond donors (Lipinski definition) is 2. The van der Waals surface area contributed by atoms with Crippen molar-refractivity contribution in [3.63, 3.8) is 0 Å². The normalized spacial score (nSPS) is 17.5. The minimum absolute atomic E-state index is 0.0889. The highest BCUT2D eigenvalue weighted by Crippen LogP contribution is 2.22. The molecule has 1 aliphatic rings. The van der Waals surface area contributed by atoms with Crippen molar-refractivity contribution in [2.45, 2.75) is 26.7 Å². The largest absolute Gasteiger partial charge is 0.384 e. The summed E-state index contributed by atoms with van der Waals surface area (Å²) in [4.78, 5) is 19.0. The van der Waals surface area contributed by atoms with Crippen LogP contribution in [0.1, 0.15) is 25.3 Å². The summed E-state index contributed by atoms with van der Waals surface area (Å²) in [7, 11) is 1.74. The topological polar surface area (TPSA) is 66.0 Å².